The van der Waals surface area contributed by atoms with Gasteiger partial charge in [0.2, 0.25) is 0 Å². The van der Waals surface area contributed by atoms with Crippen LogP contribution in [0.5, 0.6) is 11.5 Å². The van der Waals surface area contributed by atoms with Gasteiger partial charge in [0, 0.05) is 0 Å². The van der Waals surface area contributed by atoms with Crippen LogP contribution in [-0.2, 0) is 4.74 Å². The van der Waals surface area contributed by atoms with Gasteiger partial charge < -0.3 is 14.2 Å². The maximum absolute atomic E-state index is 12.6. The van der Waals surface area contributed by atoms with Gasteiger partial charge in [0.25, 0.3) is 0 Å². The summed E-state index contributed by atoms with van der Waals surface area (Å²) in [5, 5.41) is 0. The van der Waals surface area contributed by atoms with Crippen molar-refractivity contribution in [3.63, 3.8) is 0 Å². The second-order valence-electron chi connectivity index (χ2n) is 6.63. The van der Waals surface area contributed by atoms with Crippen molar-refractivity contribution in [1.82, 2.24) is 0 Å². The average molecular weight is 384 g/mol. The minimum Gasteiger partial charge on any atom is -0.497 e. The Balaban J connectivity index is 2.05. The van der Waals surface area contributed by atoms with Crippen LogP contribution in [0, 0.1) is 5.92 Å². The van der Waals surface area contributed by atoms with Crippen LogP contribution in [0.2, 0.25) is 0 Å². The van der Waals surface area contributed by atoms with Crippen molar-refractivity contribution in [2.24, 2.45) is 5.92 Å². The molecule has 0 aliphatic carbocycles. The molecule has 5 heteroatoms. The van der Waals surface area contributed by atoms with Crippen molar-refractivity contribution < 1.29 is 23.8 Å². The van der Waals surface area contributed by atoms with Gasteiger partial charge in [-0.05, 0) is 48.7 Å². The number of methoxy groups -OCH3 is 1. The van der Waals surface area contributed by atoms with Gasteiger partial charge in [-0.1, -0.05) is 45.2 Å². The zero-order chi connectivity index (χ0) is 20.4. The van der Waals surface area contributed by atoms with Gasteiger partial charge in [0.15, 0.2) is 0 Å². The molecular formula is C23H28O5. The quantitative estimate of drug-likeness (QED) is 0.411. The average Bonchev–Trinajstić information content (AvgIpc) is 2.74. The molecule has 0 radical (unpaired) electrons. The van der Waals surface area contributed by atoms with E-state index in [2.05, 4.69) is 13.8 Å². The van der Waals surface area contributed by atoms with Crippen LogP contribution in [0.25, 0.3) is 0 Å². The van der Waals surface area contributed by atoms with E-state index < -0.39 is 11.9 Å². The molecular weight excluding hydrogens is 356 g/mol. The summed E-state index contributed by atoms with van der Waals surface area (Å²) in [4.78, 5) is 25.1. The maximum Gasteiger partial charge on any atom is 0.344 e. The normalized spacial score (nSPS) is 11.5. The Hall–Kier alpha value is -2.82. The maximum atomic E-state index is 12.6. The minimum atomic E-state index is -0.601. The lowest BCUT2D eigenvalue weighted by Gasteiger charge is -2.15. The molecule has 2 rings (SSSR count). The Kier molecular flexibility index (Phi) is 8.53. The predicted molar refractivity (Wildman–Crippen MR) is 108 cm³/mol. The van der Waals surface area contributed by atoms with Gasteiger partial charge in [-0.3, -0.25) is 0 Å². The predicted octanol–water partition coefficient (Wildman–Crippen LogP) is 5.29. The molecule has 1 atom stereocenters. The highest BCUT2D eigenvalue weighted by atomic mass is 16.5. The van der Waals surface area contributed by atoms with Crippen molar-refractivity contribution in [2.75, 3.05) is 13.7 Å². The fourth-order valence-corrected chi connectivity index (χ4v) is 2.81. The van der Waals surface area contributed by atoms with Crippen molar-refractivity contribution in [3.05, 3.63) is 59.7 Å². The number of rotatable bonds is 10. The lowest BCUT2D eigenvalue weighted by molar-refractivity contribution is 0.0422. The monoisotopic (exact) mass is 384 g/mol. The van der Waals surface area contributed by atoms with E-state index in [0.29, 0.717) is 24.0 Å². The van der Waals surface area contributed by atoms with Crippen LogP contribution >= 0.6 is 0 Å². The van der Waals surface area contributed by atoms with Crippen LogP contribution in [0.1, 0.15) is 60.2 Å². The van der Waals surface area contributed by atoms with Crippen LogP contribution < -0.4 is 9.47 Å². The SMILES string of the molecule is CCCCC(CC)COC(=O)c1ccccc1C(=O)Oc1ccc(OC)cc1. The number of hydrogen-bond acceptors (Lipinski definition) is 5. The molecule has 2 aromatic rings. The van der Waals surface area contributed by atoms with E-state index >= 15 is 0 Å². The summed E-state index contributed by atoms with van der Waals surface area (Å²) in [5.74, 6) is 0.271. The van der Waals surface area contributed by atoms with Crippen molar-refractivity contribution in [2.45, 2.75) is 39.5 Å². The summed E-state index contributed by atoms with van der Waals surface area (Å²) < 4.78 is 16.0. The van der Waals surface area contributed by atoms with Crippen LogP contribution in [0.3, 0.4) is 0 Å². The molecule has 0 saturated carbocycles. The standard InChI is InChI=1S/C23H28O5/c1-4-6-9-17(5-2)16-27-22(24)20-10-7-8-11-21(20)23(25)28-19-14-12-18(26-3)13-15-19/h7-8,10-15,17H,4-6,9,16H2,1-3H3. The summed E-state index contributed by atoms with van der Waals surface area (Å²) in [6.07, 6.45) is 4.21. The highest BCUT2D eigenvalue weighted by Crippen LogP contribution is 2.20. The summed E-state index contributed by atoms with van der Waals surface area (Å²) in [5.41, 5.74) is 0.399. The Morgan fingerprint density at radius 1 is 0.893 bits per heavy atom. The Morgan fingerprint density at radius 3 is 2.07 bits per heavy atom. The summed E-state index contributed by atoms with van der Waals surface area (Å²) in [7, 11) is 1.56. The first-order valence-corrected chi connectivity index (χ1v) is 9.71. The first kappa shape index (κ1) is 21.5. The van der Waals surface area contributed by atoms with Crippen LogP contribution in [0.4, 0.5) is 0 Å². The molecule has 5 nitrogen and oxygen atoms in total. The molecule has 0 bridgehead atoms. The van der Waals surface area contributed by atoms with E-state index in [4.69, 9.17) is 14.2 Å². The number of unbranched alkanes of at least 4 members (excludes halogenated alkanes) is 1. The Morgan fingerprint density at radius 2 is 1.50 bits per heavy atom. The van der Waals surface area contributed by atoms with E-state index in [9.17, 15) is 9.59 Å². The second-order valence-corrected chi connectivity index (χ2v) is 6.63. The second kappa shape index (κ2) is 11.1. The zero-order valence-electron chi connectivity index (χ0n) is 16.8. The zero-order valence-corrected chi connectivity index (χ0v) is 16.8. The highest BCUT2D eigenvalue weighted by molar-refractivity contribution is 6.03. The molecule has 150 valence electrons. The molecule has 0 aliphatic rings. The largest absolute Gasteiger partial charge is 0.497 e. The molecule has 28 heavy (non-hydrogen) atoms. The van der Waals surface area contributed by atoms with Crippen molar-refractivity contribution >= 4 is 11.9 Å². The molecule has 0 aromatic heterocycles. The van der Waals surface area contributed by atoms with Gasteiger partial charge in [-0.15, -0.1) is 0 Å². The molecule has 0 heterocycles. The van der Waals surface area contributed by atoms with E-state index in [1.54, 1.807) is 55.6 Å². The fraction of sp³-hybridized carbons (Fsp3) is 0.391. The van der Waals surface area contributed by atoms with Crippen molar-refractivity contribution in [3.8, 4) is 11.5 Å². The third-order valence-corrected chi connectivity index (χ3v) is 4.63. The number of benzene rings is 2. The van der Waals surface area contributed by atoms with E-state index in [0.717, 1.165) is 25.7 Å². The molecule has 0 aliphatic heterocycles. The number of carbonyl (C=O) groups is 2. The number of esters is 2. The first-order chi connectivity index (χ1) is 13.6. The molecule has 0 fully saturated rings. The van der Waals surface area contributed by atoms with Gasteiger partial charge >= 0.3 is 11.9 Å². The summed E-state index contributed by atoms with van der Waals surface area (Å²) in [6, 6.07) is 13.2. The van der Waals surface area contributed by atoms with Gasteiger partial charge in [0.05, 0.1) is 24.8 Å². The van der Waals surface area contributed by atoms with Crippen LogP contribution in [0.15, 0.2) is 48.5 Å². The van der Waals surface area contributed by atoms with Gasteiger partial charge in [0.1, 0.15) is 11.5 Å². The Bertz CT molecular complexity index is 767. The molecule has 0 N–H and O–H groups in total. The molecule has 2 aromatic carbocycles. The highest BCUT2D eigenvalue weighted by Gasteiger charge is 2.20. The van der Waals surface area contributed by atoms with Gasteiger partial charge in [-0.25, -0.2) is 9.59 Å². The lowest BCUT2D eigenvalue weighted by Crippen LogP contribution is -2.18. The fourth-order valence-electron chi connectivity index (χ4n) is 2.81. The smallest absolute Gasteiger partial charge is 0.344 e. The summed E-state index contributed by atoms with van der Waals surface area (Å²) >= 11 is 0. The molecule has 0 saturated heterocycles. The number of carbonyl (C=O) groups excluding carboxylic acids is 2. The topological polar surface area (TPSA) is 61.8 Å². The summed E-state index contributed by atoms with van der Waals surface area (Å²) in [6.45, 7) is 4.59. The molecule has 1 unspecified atom stereocenters. The third kappa shape index (κ3) is 6.12. The van der Waals surface area contributed by atoms with E-state index in [1.807, 2.05) is 0 Å². The number of ether oxygens (including phenoxy) is 3. The first-order valence-electron chi connectivity index (χ1n) is 9.71. The molecule has 0 amide bonds. The Labute approximate surface area is 166 Å². The lowest BCUT2D eigenvalue weighted by atomic mass is 10.0. The van der Waals surface area contributed by atoms with Crippen molar-refractivity contribution in [1.29, 1.82) is 0 Å². The van der Waals surface area contributed by atoms with E-state index in [1.165, 1.54) is 0 Å². The van der Waals surface area contributed by atoms with Gasteiger partial charge in [-0.2, -0.15) is 0 Å². The van der Waals surface area contributed by atoms with Crippen LogP contribution in [-0.4, -0.2) is 25.7 Å². The molecule has 0 spiro atoms. The number of hydrogen-bond donors (Lipinski definition) is 0. The minimum absolute atomic E-state index is 0.185. The van der Waals surface area contributed by atoms with E-state index in [-0.39, 0.29) is 11.1 Å². The third-order valence-electron chi connectivity index (χ3n) is 4.63.